The number of carbonyl (C=O) groups is 1. The molecule has 0 bridgehead atoms. The van der Waals surface area contributed by atoms with Crippen LogP contribution in [0.15, 0.2) is 24.3 Å². The van der Waals surface area contributed by atoms with Crippen molar-refractivity contribution in [2.24, 2.45) is 5.92 Å². The molecule has 1 N–H and O–H groups in total. The third-order valence-electron chi connectivity index (χ3n) is 2.60. The normalized spacial score (nSPS) is 12.2. The van der Waals surface area contributed by atoms with Gasteiger partial charge in [-0.1, -0.05) is 13.8 Å². The Balaban J connectivity index is 2.78. The van der Waals surface area contributed by atoms with Crippen LogP contribution < -0.4 is 4.90 Å². The number of carboxylic acids is 1. The zero-order valence-electron chi connectivity index (χ0n) is 10.2. The van der Waals surface area contributed by atoms with Gasteiger partial charge in [0.2, 0.25) is 0 Å². The molecule has 4 heteroatoms. The molecule has 0 fully saturated rings. The van der Waals surface area contributed by atoms with Crippen LogP contribution in [0.25, 0.3) is 0 Å². The van der Waals surface area contributed by atoms with Crippen LogP contribution in [0.5, 0.6) is 0 Å². The highest BCUT2D eigenvalue weighted by Gasteiger charge is 2.16. The molecule has 17 heavy (non-hydrogen) atoms. The number of halogens is 1. The number of anilines is 1. The first kappa shape index (κ1) is 13.5. The first-order valence-electron chi connectivity index (χ1n) is 5.78. The van der Waals surface area contributed by atoms with E-state index in [1.54, 1.807) is 19.1 Å². The van der Waals surface area contributed by atoms with Crippen molar-refractivity contribution in [2.45, 2.75) is 20.3 Å². The van der Waals surface area contributed by atoms with Gasteiger partial charge in [0, 0.05) is 18.8 Å². The molecule has 0 aromatic heterocycles. The van der Waals surface area contributed by atoms with Crippen LogP contribution >= 0.6 is 0 Å². The molecule has 0 saturated heterocycles. The monoisotopic (exact) mass is 239 g/mol. The minimum Gasteiger partial charge on any atom is -0.481 e. The highest BCUT2D eigenvalue weighted by Crippen LogP contribution is 2.17. The Kier molecular flexibility index (Phi) is 4.94. The van der Waals surface area contributed by atoms with Crippen molar-refractivity contribution >= 4 is 11.7 Å². The van der Waals surface area contributed by atoms with E-state index in [2.05, 4.69) is 0 Å². The molecule has 0 amide bonds. The van der Waals surface area contributed by atoms with Gasteiger partial charge in [-0.25, -0.2) is 4.39 Å². The number of aliphatic carboxylic acids is 1. The van der Waals surface area contributed by atoms with Crippen LogP contribution in [0.3, 0.4) is 0 Å². The second-order valence-corrected chi connectivity index (χ2v) is 4.16. The van der Waals surface area contributed by atoms with Crippen molar-refractivity contribution < 1.29 is 14.3 Å². The molecule has 0 aliphatic rings. The average molecular weight is 239 g/mol. The van der Waals surface area contributed by atoms with E-state index in [1.165, 1.54) is 12.1 Å². The van der Waals surface area contributed by atoms with Crippen molar-refractivity contribution in [3.8, 4) is 0 Å². The molecule has 0 saturated carbocycles. The summed E-state index contributed by atoms with van der Waals surface area (Å²) in [5, 5.41) is 8.90. The fourth-order valence-electron chi connectivity index (χ4n) is 1.66. The third kappa shape index (κ3) is 4.06. The zero-order valence-corrected chi connectivity index (χ0v) is 10.2. The van der Waals surface area contributed by atoms with Gasteiger partial charge in [0.1, 0.15) is 5.82 Å². The molecule has 0 heterocycles. The predicted octanol–water partition coefficient (Wildman–Crippen LogP) is 2.76. The van der Waals surface area contributed by atoms with E-state index in [0.29, 0.717) is 6.54 Å². The van der Waals surface area contributed by atoms with Crippen LogP contribution in [0, 0.1) is 11.7 Å². The molecule has 0 aliphatic carbocycles. The highest BCUT2D eigenvalue weighted by atomic mass is 19.1. The van der Waals surface area contributed by atoms with Crippen molar-refractivity contribution in [2.75, 3.05) is 18.0 Å². The van der Waals surface area contributed by atoms with Gasteiger partial charge in [-0.2, -0.15) is 0 Å². The Morgan fingerprint density at radius 2 is 2.00 bits per heavy atom. The Labute approximate surface area is 101 Å². The number of carboxylic acid groups (broad SMARTS) is 1. The molecular weight excluding hydrogens is 221 g/mol. The Morgan fingerprint density at radius 3 is 2.47 bits per heavy atom. The number of hydrogen-bond donors (Lipinski definition) is 1. The maximum atomic E-state index is 12.8. The first-order chi connectivity index (χ1) is 8.04. The van der Waals surface area contributed by atoms with E-state index in [4.69, 9.17) is 5.11 Å². The zero-order chi connectivity index (χ0) is 12.8. The fourth-order valence-corrected chi connectivity index (χ4v) is 1.66. The van der Waals surface area contributed by atoms with E-state index in [-0.39, 0.29) is 5.82 Å². The van der Waals surface area contributed by atoms with Crippen molar-refractivity contribution in [1.82, 2.24) is 0 Å². The van der Waals surface area contributed by atoms with Crippen molar-refractivity contribution in [3.05, 3.63) is 30.1 Å². The lowest BCUT2D eigenvalue weighted by molar-refractivity contribution is -0.140. The molecule has 0 spiro atoms. The van der Waals surface area contributed by atoms with Gasteiger partial charge in [0.05, 0.1) is 5.92 Å². The summed E-state index contributed by atoms with van der Waals surface area (Å²) in [6.45, 7) is 4.91. The third-order valence-corrected chi connectivity index (χ3v) is 2.60. The van der Waals surface area contributed by atoms with E-state index in [0.717, 1.165) is 18.7 Å². The molecule has 1 unspecified atom stereocenters. The van der Waals surface area contributed by atoms with Crippen LogP contribution in [0.1, 0.15) is 20.3 Å². The highest BCUT2D eigenvalue weighted by molar-refractivity contribution is 5.70. The molecule has 0 aliphatic heterocycles. The quantitative estimate of drug-likeness (QED) is 0.829. The Hall–Kier alpha value is -1.58. The van der Waals surface area contributed by atoms with E-state index in [1.807, 2.05) is 11.8 Å². The topological polar surface area (TPSA) is 40.5 Å². The predicted molar refractivity (Wildman–Crippen MR) is 65.7 cm³/mol. The van der Waals surface area contributed by atoms with Gasteiger partial charge in [0.25, 0.3) is 0 Å². The maximum absolute atomic E-state index is 12.8. The second kappa shape index (κ2) is 6.23. The summed E-state index contributed by atoms with van der Waals surface area (Å²) in [5.41, 5.74) is 0.862. The van der Waals surface area contributed by atoms with Gasteiger partial charge >= 0.3 is 5.97 Å². The van der Waals surface area contributed by atoms with Crippen LogP contribution in [-0.4, -0.2) is 24.2 Å². The van der Waals surface area contributed by atoms with Crippen LogP contribution in [0.4, 0.5) is 10.1 Å². The van der Waals surface area contributed by atoms with Gasteiger partial charge in [-0.3, -0.25) is 4.79 Å². The lowest BCUT2D eigenvalue weighted by Crippen LogP contribution is -2.32. The van der Waals surface area contributed by atoms with Gasteiger partial charge in [0.15, 0.2) is 0 Å². The molecule has 1 rings (SSSR count). The average Bonchev–Trinajstić information content (AvgIpc) is 2.29. The van der Waals surface area contributed by atoms with Crippen LogP contribution in [0.2, 0.25) is 0 Å². The minimum atomic E-state index is -0.812. The largest absolute Gasteiger partial charge is 0.481 e. The van der Waals surface area contributed by atoms with Crippen LogP contribution in [-0.2, 0) is 4.79 Å². The number of rotatable bonds is 6. The summed E-state index contributed by atoms with van der Waals surface area (Å²) in [6, 6.07) is 6.14. The van der Waals surface area contributed by atoms with E-state index in [9.17, 15) is 9.18 Å². The molecule has 94 valence electrons. The maximum Gasteiger partial charge on any atom is 0.308 e. The van der Waals surface area contributed by atoms with Crippen molar-refractivity contribution in [1.29, 1.82) is 0 Å². The van der Waals surface area contributed by atoms with E-state index < -0.39 is 11.9 Å². The first-order valence-corrected chi connectivity index (χ1v) is 5.78. The number of hydrogen-bond acceptors (Lipinski definition) is 2. The van der Waals surface area contributed by atoms with Crippen molar-refractivity contribution in [3.63, 3.8) is 0 Å². The Morgan fingerprint density at radius 1 is 1.41 bits per heavy atom. The smallest absolute Gasteiger partial charge is 0.308 e. The van der Waals surface area contributed by atoms with Gasteiger partial charge in [-0.15, -0.1) is 0 Å². The lowest BCUT2D eigenvalue weighted by atomic mass is 10.1. The summed E-state index contributed by atoms with van der Waals surface area (Å²) < 4.78 is 12.8. The summed E-state index contributed by atoms with van der Waals surface area (Å²) in [7, 11) is 0. The summed E-state index contributed by atoms with van der Waals surface area (Å²) in [4.78, 5) is 12.8. The van der Waals surface area contributed by atoms with Gasteiger partial charge < -0.3 is 10.0 Å². The number of nitrogens with zero attached hydrogens (tertiary/aromatic N) is 1. The standard InChI is InChI=1S/C13H18FNO2/c1-3-8-15(9-10(2)13(16)17)12-6-4-11(14)5-7-12/h4-7,10H,3,8-9H2,1-2H3,(H,16,17). The molecular formula is C13H18FNO2. The number of benzene rings is 1. The Bertz CT molecular complexity index is 364. The summed E-state index contributed by atoms with van der Waals surface area (Å²) >= 11 is 0. The summed E-state index contributed by atoms with van der Waals surface area (Å²) in [5.74, 6) is -1.53. The van der Waals surface area contributed by atoms with Gasteiger partial charge in [-0.05, 0) is 30.7 Å². The lowest BCUT2D eigenvalue weighted by Gasteiger charge is -2.26. The summed E-state index contributed by atoms with van der Waals surface area (Å²) in [6.07, 6.45) is 0.920. The minimum absolute atomic E-state index is 0.281. The molecule has 1 atom stereocenters. The molecule has 1 aromatic rings. The SMILES string of the molecule is CCCN(CC(C)C(=O)O)c1ccc(F)cc1. The molecule has 0 radical (unpaired) electrons. The van der Waals surface area contributed by atoms with E-state index >= 15 is 0 Å². The second-order valence-electron chi connectivity index (χ2n) is 4.16. The molecule has 3 nitrogen and oxygen atoms in total. The fraction of sp³-hybridized carbons (Fsp3) is 0.462. The molecule has 1 aromatic carbocycles.